The average Bonchev–Trinajstić information content (AvgIpc) is 3.18. The topological polar surface area (TPSA) is 102 Å². The zero-order valence-electron chi connectivity index (χ0n) is 14.2. The lowest BCUT2D eigenvalue weighted by Crippen LogP contribution is -2.10. The van der Waals surface area contributed by atoms with E-state index < -0.39 is 0 Å². The fourth-order valence-corrected chi connectivity index (χ4v) is 3.05. The van der Waals surface area contributed by atoms with Crippen LogP contribution < -0.4 is 16.4 Å². The van der Waals surface area contributed by atoms with E-state index in [1.165, 1.54) is 18.3 Å². The number of carbonyl (C=O) groups is 1. The molecule has 2 heterocycles. The van der Waals surface area contributed by atoms with Crippen molar-refractivity contribution in [3.63, 3.8) is 0 Å². The summed E-state index contributed by atoms with van der Waals surface area (Å²) in [5.41, 5.74) is 7.84. The molecule has 7 nitrogen and oxygen atoms in total. The Morgan fingerprint density at radius 2 is 1.96 bits per heavy atom. The highest BCUT2D eigenvalue weighted by molar-refractivity contribution is 7.09. The standard InChI is InChI=1S/C18H19N5O2S/c1-25-18(24)12-4-6-13(7-5-12)23-17-15(19)16(21-11-22-17)20-9-8-14-3-2-10-26-14/h2-7,10-11H,8-9,19H2,1H3,(H2,20,21,22,23). The number of nitrogens with two attached hydrogens (primary N) is 1. The first-order valence-electron chi connectivity index (χ1n) is 7.99. The van der Waals surface area contributed by atoms with Gasteiger partial charge in [-0.25, -0.2) is 14.8 Å². The Bertz CT molecular complexity index is 866. The van der Waals surface area contributed by atoms with Gasteiger partial charge in [-0.3, -0.25) is 0 Å². The van der Waals surface area contributed by atoms with Gasteiger partial charge < -0.3 is 21.1 Å². The van der Waals surface area contributed by atoms with Crippen LogP contribution in [0.25, 0.3) is 0 Å². The lowest BCUT2D eigenvalue weighted by molar-refractivity contribution is 0.0601. The number of nitrogen functional groups attached to an aromatic ring is 1. The maximum absolute atomic E-state index is 11.5. The SMILES string of the molecule is COC(=O)c1ccc(Nc2ncnc(NCCc3cccs3)c2N)cc1. The van der Waals surface area contributed by atoms with Gasteiger partial charge in [-0.05, 0) is 42.1 Å². The first-order chi connectivity index (χ1) is 12.7. The minimum absolute atomic E-state index is 0.379. The molecule has 0 atom stereocenters. The first-order valence-corrected chi connectivity index (χ1v) is 8.87. The van der Waals surface area contributed by atoms with Crippen LogP contribution in [0.2, 0.25) is 0 Å². The van der Waals surface area contributed by atoms with Crippen LogP contribution >= 0.6 is 11.3 Å². The third kappa shape index (κ3) is 4.28. The minimum Gasteiger partial charge on any atom is -0.465 e. The molecule has 4 N–H and O–H groups in total. The molecule has 0 saturated carbocycles. The minimum atomic E-state index is -0.379. The van der Waals surface area contributed by atoms with Crippen molar-refractivity contribution in [1.29, 1.82) is 0 Å². The van der Waals surface area contributed by atoms with Crippen molar-refractivity contribution in [3.8, 4) is 0 Å². The fourth-order valence-electron chi connectivity index (χ4n) is 2.34. The van der Waals surface area contributed by atoms with Crippen LogP contribution in [0, 0.1) is 0 Å². The van der Waals surface area contributed by atoms with Crippen molar-refractivity contribution in [2.24, 2.45) is 0 Å². The van der Waals surface area contributed by atoms with E-state index in [9.17, 15) is 4.79 Å². The number of hydrogen-bond donors (Lipinski definition) is 3. The highest BCUT2D eigenvalue weighted by atomic mass is 32.1. The second-order valence-corrected chi connectivity index (χ2v) is 6.47. The Labute approximate surface area is 155 Å². The summed E-state index contributed by atoms with van der Waals surface area (Å²) >= 11 is 1.72. The normalized spacial score (nSPS) is 10.3. The van der Waals surface area contributed by atoms with Crippen LogP contribution in [-0.2, 0) is 11.2 Å². The molecule has 0 bridgehead atoms. The summed E-state index contributed by atoms with van der Waals surface area (Å²) < 4.78 is 4.69. The summed E-state index contributed by atoms with van der Waals surface area (Å²) in [6.07, 6.45) is 2.36. The molecule has 134 valence electrons. The quantitative estimate of drug-likeness (QED) is 0.549. The van der Waals surface area contributed by atoms with Crippen molar-refractivity contribution in [2.75, 3.05) is 30.0 Å². The summed E-state index contributed by atoms with van der Waals surface area (Å²) in [6.45, 7) is 0.731. The molecule has 0 unspecified atom stereocenters. The molecule has 0 amide bonds. The van der Waals surface area contributed by atoms with Crippen LogP contribution in [0.15, 0.2) is 48.1 Å². The van der Waals surface area contributed by atoms with Gasteiger partial charge in [-0.1, -0.05) is 6.07 Å². The van der Waals surface area contributed by atoms with E-state index in [1.54, 1.807) is 35.6 Å². The van der Waals surface area contributed by atoms with Crippen molar-refractivity contribution >= 4 is 40.3 Å². The number of carbonyl (C=O) groups excluding carboxylic acids is 1. The predicted octanol–water partition coefficient (Wildman–Crippen LogP) is 3.31. The molecule has 1 aromatic carbocycles. The molecule has 0 spiro atoms. The molecule has 3 aromatic rings. The van der Waals surface area contributed by atoms with Gasteiger partial charge in [-0.2, -0.15) is 0 Å². The number of hydrogen-bond acceptors (Lipinski definition) is 8. The van der Waals surface area contributed by atoms with E-state index in [1.807, 2.05) is 6.07 Å². The lowest BCUT2D eigenvalue weighted by atomic mass is 10.2. The third-order valence-corrected chi connectivity index (χ3v) is 4.63. The van der Waals surface area contributed by atoms with E-state index in [4.69, 9.17) is 5.73 Å². The molecular formula is C18H19N5O2S. The summed E-state index contributed by atoms with van der Waals surface area (Å²) in [5.74, 6) is 0.713. The monoisotopic (exact) mass is 369 g/mol. The summed E-state index contributed by atoms with van der Waals surface area (Å²) in [5, 5.41) is 8.43. The maximum Gasteiger partial charge on any atom is 0.337 e. The largest absolute Gasteiger partial charge is 0.465 e. The molecular weight excluding hydrogens is 350 g/mol. The predicted molar refractivity (Wildman–Crippen MR) is 104 cm³/mol. The Morgan fingerprint density at radius 1 is 1.19 bits per heavy atom. The number of anilines is 4. The molecule has 0 fully saturated rings. The molecule has 8 heteroatoms. The summed E-state index contributed by atoms with van der Waals surface area (Å²) in [6, 6.07) is 11.0. The van der Waals surface area contributed by atoms with Crippen molar-refractivity contribution in [2.45, 2.75) is 6.42 Å². The number of rotatable bonds is 7. The van der Waals surface area contributed by atoms with Gasteiger partial charge in [0, 0.05) is 17.1 Å². The second-order valence-electron chi connectivity index (χ2n) is 5.43. The summed E-state index contributed by atoms with van der Waals surface area (Å²) in [7, 11) is 1.35. The maximum atomic E-state index is 11.5. The van der Waals surface area contributed by atoms with E-state index >= 15 is 0 Å². The van der Waals surface area contributed by atoms with Crippen molar-refractivity contribution in [3.05, 3.63) is 58.5 Å². The van der Waals surface area contributed by atoms with Crippen molar-refractivity contribution < 1.29 is 9.53 Å². The molecule has 26 heavy (non-hydrogen) atoms. The van der Waals surface area contributed by atoms with Crippen LogP contribution in [0.3, 0.4) is 0 Å². The number of aromatic nitrogens is 2. The molecule has 3 rings (SSSR count). The van der Waals surface area contributed by atoms with E-state index in [-0.39, 0.29) is 5.97 Å². The van der Waals surface area contributed by atoms with Gasteiger partial charge in [0.15, 0.2) is 11.6 Å². The van der Waals surface area contributed by atoms with Crippen molar-refractivity contribution in [1.82, 2.24) is 9.97 Å². The molecule has 0 saturated heterocycles. The van der Waals surface area contributed by atoms with E-state index in [0.717, 1.165) is 18.7 Å². The Hall–Kier alpha value is -3.13. The highest BCUT2D eigenvalue weighted by Gasteiger charge is 2.09. The number of nitrogens with zero attached hydrogens (tertiary/aromatic N) is 2. The Balaban J connectivity index is 1.65. The molecule has 0 aliphatic rings. The third-order valence-electron chi connectivity index (χ3n) is 3.70. The smallest absolute Gasteiger partial charge is 0.337 e. The number of thiophene rings is 1. The number of esters is 1. The Kier molecular flexibility index (Phi) is 5.65. The molecule has 0 radical (unpaired) electrons. The van der Waals surface area contributed by atoms with E-state index in [0.29, 0.717) is 22.9 Å². The van der Waals surface area contributed by atoms with Gasteiger partial charge in [0.2, 0.25) is 0 Å². The highest BCUT2D eigenvalue weighted by Crippen LogP contribution is 2.26. The van der Waals surface area contributed by atoms with Crippen LogP contribution in [0.4, 0.5) is 23.0 Å². The van der Waals surface area contributed by atoms with Gasteiger partial charge in [-0.15, -0.1) is 11.3 Å². The number of ether oxygens (including phenoxy) is 1. The molecule has 0 aliphatic carbocycles. The fraction of sp³-hybridized carbons (Fsp3) is 0.167. The van der Waals surface area contributed by atoms with E-state index in [2.05, 4.69) is 36.8 Å². The van der Waals surface area contributed by atoms with Crippen LogP contribution in [-0.4, -0.2) is 29.6 Å². The summed E-state index contributed by atoms with van der Waals surface area (Å²) in [4.78, 5) is 21.2. The van der Waals surface area contributed by atoms with Gasteiger partial charge in [0.05, 0.1) is 12.7 Å². The van der Waals surface area contributed by atoms with Crippen LogP contribution in [0.1, 0.15) is 15.2 Å². The molecule has 2 aromatic heterocycles. The number of benzene rings is 1. The molecule has 0 aliphatic heterocycles. The average molecular weight is 369 g/mol. The van der Waals surface area contributed by atoms with Crippen LogP contribution in [0.5, 0.6) is 0 Å². The number of methoxy groups -OCH3 is 1. The van der Waals surface area contributed by atoms with Gasteiger partial charge in [0.25, 0.3) is 0 Å². The lowest BCUT2D eigenvalue weighted by Gasteiger charge is -2.12. The zero-order chi connectivity index (χ0) is 18.4. The second kappa shape index (κ2) is 8.30. The Morgan fingerprint density at radius 3 is 2.65 bits per heavy atom. The number of nitrogens with one attached hydrogen (secondary N) is 2. The van der Waals surface area contributed by atoms with Gasteiger partial charge in [0.1, 0.15) is 12.0 Å². The zero-order valence-corrected chi connectivity index (χ0v) is 15.0. The first kappa shape index (κ1) is 17.7. The van der Waals surface area contributed by atoms with Gasteiger partial charge >= 0.3 is 5.97 Å².